The quantitative estimate of drug-likeness (QED) is 0.166. The van der Waals surface area contributed by atoms with Crippen LogP contribution in [0.3, 0.4) is 0 Å². The molecule has 24 N–H and O–H groups in total. The molecule has 0 bridgehead atoms. The van der Waals surface area contributed by atoms with Gasteiger partial charge >= 0.3 is 0 Å². The molecule has 0 aromatic carbocycles. The maximum atomic E-state index is 0. The van der Waals surface area contributed by atoms with E-state index < -0.39 is 0 Å². The van der Waals surface area contributed by atoms with Crippen LogP contribution in [0.1, 0.15) is 0 Å². The van der Waals surface area contributed by atoms with Crippen LogP contribution in [0, 0.1) is 0 Å². The van der Waals surface area contributed by atoms with Crippen molar-refractivity contribution in [1.29, 1.82) is 0 Å². The fraction of sp³-hybridized carbons (Fsp3) is 0. The molecule has 0 saturated carbocycles. The monoisotopic (exact) mass is 1340 g/mol. The van der Waals surface area contributed by atoms with Gasteiger partial charge in [0.15, 0.2) is 0 Å². The third-order valence-electron chi connectivity index (χ3n) is 0. The number of quaternary nitrogens is 4. The minimum Gasteiger partial charge on any atom is -2.00 e. The Bertz CT molecular complexity index is 47.3. The zero-order valence-electron chi connectivity index (χ0n) is 19.9. The zero-order valence-corrected chi connectivity index (χ0v) is 35.9. The van der Waals surface area contributed by atoms with Gasteiger partial charge in [-0.15, -0.1) is 0 Å². The summed E-state index contributed by atoms with van der Waals surface area (Å²) in [6, 6.07) is 0. The van der Waals surface area contributed by atoms with Crippen molar-refractivity contribution in [3.63, 3.8) is 0 Å². The second-order valence-electron chi connectivity index (χ2n) is 0. The maximum absolute atomic E-state index is 0. The normalized spacial score (nSPS) is 0. The summed E-state index contributed by atoms with van der Waals surface area (Å²) in [7, 11) is 0. The van der Waals surface area contributed by atoms with Crippen LogP contribution in [0.4, 0.5) is 0 Å². The van der Waals surface area contributed by atoms with E-state index in [0.717, 1.165) is 0 Å². The van der Waals surface area contributed by atoms with Gasteiger partial charge in [0.2, 0.25) is 0 Å². The van der Waals surface area contributed by atoms with Gasteiger partial charge in [-0.05, 0) is 0 Å². The van der Waals surface area contributed by atoms with E-state index in [4.69, 9.17) is 0 Å². The Morgan fingerprint density at radius 1 is 0.0952 bits per heavy atom. The molecule has 0 aromatic rings. The van der Waals surface area contributed by atoms with Gasteiger partial charge in [-0.3, -0.25) is 0 Å². The standard InChI is InChI=1S/8Mo.4H3N.4H2O.26O/h;;;;;;;;4*1H3;4*1H2;;;;;;;;;;;;;;;;;;;;;;;;;;/q;;;;;;;;;;;;;;;;26*-2/p+4. The molecule has 0 rings (SSSR count). The predicted octanol–water partition coefficient (Wildman–Crippen LogP) is -4.90. The van der Waals surface area contributed by atoms with E-state index in [1.807, 2.05) is 0 Å². The number of hydrogen-bond acceptors (Lipinski definition) is 0. The van der Waals surface area contributed by atoms with Crippen LogP contribution in [0.25, 0.3) is 0 Å². The van der Waals surface area contributed by atoms with Crippen molar-refractivity contribution < 1.29 is 333 Å². The van der Waals surface area contributed by atoms with Gasteiger partial charge in [0, 0.05) is 169 Å². The molecule has 0 atom stereocenters. The topological polar surface area (TPSA) is 1010 Å². The summed E-state index contributed by atoms with van der Waals surface area (Å²) in [5.74, 6) is 0. The fourth-order valence-corrected chi connectivity index (χ4v) is 0. The first-order valence-corrected chi connectivity index (χ1v) is 0. The second kappa shape index (κ2) is 5120. The van der Waals surface area contributed by atoms with E-state index in [9.17, 15) is 0 Å². The minimum atomic E-state index is 0. The van der Waals surface area contributed by atoms with Gasteiger partial charge in [0.1, 0.15) is 0 Å². The first-order chi connectivity index (χ1) is 0. The largest absolute Gasteiger partial charge is 2.00 e. The summed E-state index contributed by atoms with van der Waals surface area (Å²) in [6.45, 7) is 0. The SMILES string of the molecule is O.O.O.O.[Mo].[Mo].[Mo].[Mo].[Mo].[Mo].[Mo].[Mo].[NH4+].[NH4+].[NH4+].[NH4+].[O-2].[O-2].[O-2].[O-2].[O-2].[O-2].[O-2].[O-2].[O-2].[O-2].[O-2].[O-2].[O-2].[O-2].[O-2].[O-2].[O-2].[O-2].[O-2].[O-2].[O-2].[O-2].[O-2].[O-2].[O-2].[O-2]. The van der Waals surface area contributed by atoms with Crippen LogP contribution in [-0.4, -0.2) is 21.9 Å². The maximum Gasteiger partial charge on any atom is 0 e. The summed E-state index contributed by atoms with van der Waals surface area (Å²) in [4.78, 5) is 0. The van der Waals surface area contributed by atoms with Gasteiger partial charge in [-0.1, -0.05) is 0 Å². The van der Waals surface area contributed by atoms with E-state index >= 15 is 0 Å². The molecule has 0 aromatic heterocycles. The Hall–Kier alpha value is 4.15. The Balaban J connectivity index is 0. The predicted molar refractivity (Wildman–Crippen MR) is 56.2 cm³/mol. The van der Waals surface area contributed by atoms with Crippen molar-refractivity contribution in [1.82, 2.24) is 24.6 Å². The first kappa shape index (κ1) is 5470. The Morgan fingerprint density at radius 2 is 0.0952 bits per heavy atom. The van der Waals surface area contributed by atoms with E-state index in [1.165, 1.54) is 0 Å². The summed E-state index contributed by atoms with van der Waals surface area (Å²) in [6.07, 6.45) is 0. The Kier molecular flexibility index (Phi) is 667000. The van der Waals surface area contributed by atoms with Gasteiger partial charge in [0.25, 0.3) is 0 Å². The Labute approximate surface area is 353 Å². The number of hydrogen-bond donors (Lipinski definition) is 4. The molecule has 0 spiro atoms. The molecule has 0 unspecified atom stereocenters. The van der Waals surface area contributed by atoms with Crippen LogP contribution in [0.2, 0.25) is 0 Å². The molecule has 0 saturated heterocycles. The van der Waals surface area contributed by atoms with Crippen molar-refractivity contribution in [3.05, 3.63) is 0 Å². The first-order valence-electron chi connectivity index (χ1n) is 0. The van der Waals surface area contributed by atoms with E-state index in [2.05, 4.69) is 0 Å². The zero-order chi connectivity index (χ0) is 0. The van der Waals surface area contributed by atoms with Crippen LogP contribution in [0.5, 0.6) is 0 Å². The van der Waals surface area contributed by atoms with E-state index in [1.54, 1.807) is 0 Å². The van der Waals surface area contributed by atoms with Gasteiger partial charge < -0.3 is 189 Å². The molecule has 0 aliphatic heterocycles. The fourth-order valence-electron chi connectivity index (χ4n) is 0. The summed E-state index contributed by atoms with van der Waals surface area (Å²) >= 11 is 0. The molecule has 0 heterocycles. The van der Waals surface area contributed by atoms with Crippen LogP contribution < -0.4 is 24.6 Å². The molecule has 320 valence electrons. The van der Waals surface area contributed by atoms with E-state index in [-0.39, 0.29) is 357 Å². The minimum absolute atomic E-state index is 0. The van der Waals surface area contributed by atoms with Crippen molar-refractivity contribution in [3.8, 4) is 0 Å². The third kappa shape index (κ3) is 4780. The molecule has 0 amide bonds. The average Bonchev–Trinajstić information content (AvgIpc) is 0. The molecule has 0 aliphatic rings. The van der Waals surface area contributed by atoms with Crippen molar-refractivity contribution >= 4 is 0 Å². The van der Waals surface area contributed by atoms with E-state index in [0.29, 0.717) is 0 Å². The van der Waals surface area contributed by atoms with Gasteiger partial charge in [0.05, 0.1) is 0 Å². The number of rotatable bonds is 0. The summed E-state index contributed by atoms with van der Waals surface area (Å²) < 4.78 is 0. The summed E-state index contributed by atoms with van der Waals surface area (Å²) in [5.41, 5.74) is 0. The van der Waals surface area contributed by atoms with Crippen LogP contribution in [0.15, 0.2) is 0 Å². The molecule has 42 heavy (non-hydrogen) atoms. The Morgan fingerprint density at radius 3 is 0.0952 bits per heavy atom. The molecule has 34 nitrogen and oxygen atoms in total. The molecule has 0 radical (unpaired) electrons. The molecule has 0 aliphatic carbocycles. The van der Waals surface area contributed by atoms with Gasteiger partial charge in [-0.25, -0.2) is 0 Å². The van der Waals surface area contributed by atoms with Gasteiger partial charge in [-0.2, -0.15) is 0 Å². The van der Waals surface area contributed by atoms with Crippen molar-refractivity contribution in [2.45, 2.75) is 0 Å². The molecular weight excluding hydrogens is 1300 g/mol. The van der Waals surface area contributed by atoms with Crippen molar-refractivity contribution in [2.75, 3.05) is 0 Å². The molecule has 42 heteroatoms. The third-order valence-corrected chi connectivity index (χ3v) is 0. The molecular formula is H24Mo8N4O30-48. The van der Waals surface area contributed by atoms with Crippen LogP contribution in [-0.2, 0) is 311 Å². The van der Waals surface area contributed by atoms with Crippen LogP contribution >= 0.6 is 0 Å². The second-order valence-corrected chi connectivity index (χ2v) is 0. The smallest absolute Gasteiger partial charge is 0 e. The molecule has 0 fully saturated rings. The average molecular weight is 1330 g/mol. The summed E-state index contributed by atoms with van der Waals surface area (Å²) in [5, 5.41) is 0. The van der Waals surface area contributed by atoms with Crippen molar-refractivity contribution in [2.24, 2.45) is 0 Å².